The summed E-state index contributed by atoms with van der Waals surface area (Å²) in [6.45, 7) is 0.519. The Labute approximate surface area is 61.0 Å². The number of aromatic nitrogens is 2. The molecule has 9 heavy (non-hydrogen) atoms. The number of H-pyrrole nitrogens is 1. The predicted octanol–water partition coefficient (Wildman–Crippen LogP) is -0.943. The number of nitrogens with one attached hydrogen (secondary N) is 1. The van der Waals surface area contributed by atoms with E-state index in [1.54, 1.807) is 12.5 Å². The number of nitrogens with two attached hydrogens (primary N) is 1. The average molecular weight is 188 g/mol. The van der Waals surface area contributed by atoms with Gasteiger partial charge in [-0.2, -0.15) is 0 Å². The average Bonchev–Trinajstić information content (AvgIpc) is 2.37. The number of aromatic amines is 1. The molecule has 3 nitrogen and oxygen atoms in total. The van der Waals surface area contributed by atoms with Crippen molar-refractivity contribution in [3.8, 4) is 0 Å². The molecule has 48 valence electrons. The number of imidazole rings is 1. The first-order valence-electron chi connectivity index (χ1n) is 2.56. The SMILES string of the molecule is NCC(=[Se])c1c[nH]cn1. The summed E-state index contributed by atoms with van der Waals surface area (Å²) in [4.78, 5) is 6.82. The molecule has 0 amide bonds. The minimum atomic E-state index is 0.519. The van der Waals surface area contributed by atoms with Crippen LogP contribution in [0.15, 0.2) is 12.5 Å². The number of nitrogens with zero attached hydrogens (tertiary/aromatic N) is 1. The van der Waals surface area contributed by atoms with Crippen LogP contribution in [-0.2, 0) is 0 Å². The van der Waals surface area contributed by atoms with Gasteiger partial charge < -0.3 is 0 Å². The summed E-state index contributed by atoms with van der Waals surface area (Å²) < 4.78 is 0.983. The van der Waals surface area contributed by atoms with Crippen molar-refractivity contribution in [3.05, 3.63) is 18.2 Å². The number of hydrogen-bond donors (Lipinski definition) is 2. The van der Waals surface area contributed by atoms with Gasteiger partial charge in [0.2, 0.25) is 0 Å². The van der Waals surface area contributed by atoms with E-state index in [0.29, 0.717) is 6.54 Å². The van der Waals surface area contributed by atoms with Crippen molar-refractivity contribution in [2.75, 3.05) is 6.54 Å². The van der Waals surface area contributed by atoms with Crippen molar-refractivity contribution < 1.29 is 0 Å². The van der Waals surface area contributed by atoms with Crippen LogP contribution < -0.4 is 5.73 Å². The van der Waals surface area contributed by atoms with Crippen molar-refractivity contribution in [1.29, 1.82) is 0 Å². The van der Waals surface area contributed by atoms with Gasteiger partial charge in [0.15, 0.2) is 0 Å². The molecule has 3 N–H and O–H groups in total. The van der Waals surface area contributed by atoms with Gasteiger partial charge in [0, 0.05) is 0 Å². The first-order chi connectivity index (χ1) is 4.34. The van der Waals surface area contributed by atoms with Gasteiger partial charge in [-0.1, -0.05) is 0 Å². The maximum absolute atomic E-state index is 5.34. The van der Waals surface area contributed by atoms with Gasteiger partial charge in [0.25, 0.3) is 0 Å². The van der Waals surface area contributed by atoms with Crippen molar-refractivity contribution in [2.45, 2.75) is 0 Å². The molecule has 0 aromatic carbocycles. The van der Waals surface area contributed by atoms with Crippen molar-refractivity contribution >= 4 is 20.0 Å². The van der Waals surface area contributed by atoms with E-state index >= 15 is 0 Å². The van der Waals surface area contributed by atoms with Crippen LogP contribution in [0.1, 0.15) is 5.69 Å². The van der Waals surface area contributed by atoms with Gasteiger partial charge in [-0.3, -0.25) is 0 Å². The third-order valence-corrected chi connectivity index (χ3v) is 1.76. The van der Waals surface area contributed by atoms with Gasteiger partial charge >= 0.3 is 60.5 Å². The summed E-state index contributed by atoms with van der Waals surface area (Å²) in [5, 5.41) is 0. The second-order valence-corrected chi connectivity index (χ2v) is 2.62. The molecule has 1 aromatic rings. The van der Waals surface area contributed by atoms with E-state index in [9.17, 15) is 0 Å². The normalized spacial score (nSPS) is 9.44. The zero-order valence-corrected chi connectivity index (χ0v) is 6.51. The second kappa shape index (κ2) is 2.92. The molecule has 0 unspecified atom stereocenters. The van der Waals surface area contributed by atoms with Crippen molar-refractivity contribution in [1.82, 2.24) is 9.97 Å². The molecule has 0 saturated heterocycles. The standard InChI is InChI=1S/C5H7N3Se/c6-1-5(9)4-2-7-3-8-4/h2-3H,1,6H2,(H,7,8). The van der Waals surface area contributed by atoms with Crippen molar-refractivity contribution in [3.63, 3.8) is 0 Å². The zero-order valence-electron chi connectivity index (χ0n) is 4.79. The molecule has 4 heteroatoms. The molecule has 0 fully saturated rings. The third-order valence-electron chi connectivity index (χ3n) is 0.969. The van der Waals surface area contributed by atoms with Crippen LogP contribution in [0.4, 0.5) is 0 Å². The summed E-state index contributed by atoms with van der Waals surface area (Å²) in [5.74, 6) is 0. The molecule has 1 aromatic heterocycles. The molecular formula is C5H7N3Se. The number of hydrogen-bond acceptors (Lipinski definition) is 2. The Morgan fingerprint density at radius 3 is 3.11 bits per heavy atom. The fourth-order valence-electron chi connectivity index (χ4n) is 0.517. The van der Waals surface area contributed by atoms with Crippen LogP contribution in [0.25, 0.3) is 0 Å². The summed E-state index contributed by atoms with van der Waals surface area (Å²) in [5.41, 5.74) is 6.24. The third kappa shape index (κ3) is 1.48. The quantitative estimate of drug-likeness (QED) is 0.588. The topological polar surface area (TPSA) is 54.7 Å². The molecular weight excluding hydrogens is 181 g/mol. The van der Waals surface area contributed by atoms with Gasteiger partial charge in [-0.05, 0) is 0 Å². The predicted molar refractivity (Wildman–Crippen MR) is 37.5 cm³/mol. The van der Waals surface area contributed by atoms with E-state index < -0.39 is 0 Å². The van der Waals surface area contributed by atoms with E-state index in [4.69, 9.17) is 5.73 Å². The Balaban J connectivity index is 2.77. The second-order valence-electron chi connectivity index (χ2n) is 1.58. The molecule has 0 aliphatic rings. The zero-order chi connectivity index (χ0) is 6.69. The molecule has 0 bridgehead atoms. The van der Waals surface area contributed by atoms with Crippen molar-refractivity contribution in [2.24, 2.45) is 5.73 Å². The van der Waals surface area contributed by atoms with Gasteiger partial charge in [0.05, 0.1) is 0 Å². The van der Waals surface area contributed by atoms with E-state index in [1.807, 2.05) is 0 Å². The van der Waals surface area contributed by atoms with E-state index in [2.05, 4.69) is 25.5 Å². The molecule has 1 heterocycles. The van der Waals surface area contributed by atoms with Crippen LogP contribution in [0.2, 0.25) is 0 Å². The number of rotatable bonds is 2. The summed E-state index contributed by atoms with van der Waals surface area (Å²) in [6, 6.07) is 0. The van der Waals surface area contributed by atoms with Gasteiger partial charge in [-0.25, -0.2) is 0 Å². The van der Waals surface area contributed by atoms with Crippen LogP contribution in [-0.4, -0.2) is 36.5 Å². The van der Waals surface area contributed by atoms with E-state index in [0.717, 1.165) is 10.1 Å². The fraction of sp³-hybridized carbons (Fsp3) is 0.200. The first kappa shape index (κ1) is 6.68. The molecule has 0 spiro atoms. The molecule has 0 radical (unpaired) electrons. The Morgan fingerprint density at radius 1 is 1.89 bits per heavy atom. The summed E-state index contributed by atoms with van der Waals surface area (Å²) >= 11 is 2.84. The van der Waals surface area contributed by atoms with Crippen LogP contribution in [0.3, 0.4) is 0 Å². The Morgan fingerprint density at radius 2 is 2.67 bits per heavy atom. The minimum absolute atomic E-state index is 0.519. The van der Waals surface area contributed by atoms with Crippen LogP contribution in [0, 0.1) is 0 Å². The van der Waals surface area contributed by atoms with Gasteiger partial charge in [-0.15, -0.1) is 0 Å². The van der Waals surface area contributed by atoms with Gasteiger partial charge in [0.1, 0.15) is 0 Å². The van der Waals surface area contributed by atoms with E-state index in [1.165, 1.54) is 0 Å². The summed E-state index contributed by atoms with van der Waals surface area (Å²) in [6.07, 6.45) is 3.43. The molecule has 0 saturated carbocycles. The van der Waals surface area contributed by atoms with Crippen LogP contribution in [0.5, 0.6) is 0 Å². The Kier molecular flexibility index (Phi) is 2.16. The molecule has 0 aliphatic heterocycles. The van der Waals surface area contributed by atoms with Crippen LogP contribution >= 0.6 is 0 Å². The summed E-state index contributed by atoms with van der Waals surface area (Å²) in [7, 11) is 0. The monoisotopic (exact) mass is 189 g/mol. The first-order valence-corrected chi connectivity index (χ1v) is 3.42. The molecule has 1 rings (SSSR count). The fourth-order valence-corrected chi connectivity index (χ4v) is 0.752. The Bertz CT molecular complexity index is 192. The van der Waals surface area contributed by atoms with E-state index in [-0.39, 0.29) is 0 Å². The Hall–Kier alpha value is -0.441. The maximum atomic E-state index is 5.34. The molecule has 0 aliphatic carbocycles. The molecule has 0 atom stereocenters.